The third kappa shape index (κ3) is 3.07. The third-order valence-corrected chi connectivity index (χ3v) is 4.50. The van der Waals surface area contributed by atoms with Crippen molar-refractivity contribution in [2.75, 3.05) is 25.3 Å². The monoisotopic (exact) mass is 392 g/mol. The summed E-state index contributed by atoms with van der Waals surface area (Å²) in [6.07, 6.45) is 1.29. The molecule has 1 heterocycles. The van der Waals surface area contributed by atoms with Gasteiger partial charge in [0.15, 0.2) is 0 Å². The Balaban J connectivity index is 2.08. The van der Waals surface area contributed by atoms with Crippen LogP contribution in [0, 0.1) is 0 Å². The Morgan fingerprint density at radius 2 is 1.77 bits per heavy atom. The number of anilines is 2. The van der Waals surface area contributed by atoms with Crippen LogP contribution in [-0.4, -0.2) is 30.1 Å². The van der Waals surface area contributed by atoms with Gasteiger partial charge in [0.2, 0.25) is 0 Å². The van der Waals surface area contributed by atoms with Crippen LogP contribution in [0.4, 0.5) is 11.5 Å². The second-order valence-electron chi connectivity index (χ2n) is 5.20. The van der Waals surface area contributed by atoms with Gasteiger partial charge in [-0.1, -0.05) is 29.3 Å². The molecule has 26 heavy (non-hydrogen) atoms. The number of para-hydroxylation sites is 1. The summed E-state index contributed by atoms with van der Waals surface area (Å²) >= 11 is 12.6. The van der Waals surface area contributed by atoms with Crippen LogP contribution >= 0.6 is 23.2 Å². The van der Waals surface area contributed by atoms with Crippen molar-refractivity contribution in [3.8, 4) is 11.5 Å². The van der Waals surface area contributed by atoms with Crippen LogP contribution < -0.4 is 20.5 Å². The number of amides is 1. The van der Waals surface area contributed by atoms with Gasteiger partial charge >= 0.3 is 0 Å². The lowest BCUT2D eigenvalue weighted by Gasteiger charge is -2.15. The number of ether oxygens (including phenoxy) is 2. The number of carbonyl (C=O) groups is 1. The number of nitrogens with one attached hydrogen (secondary N) is 1. The van der Waals surface area contributed by atoms with E-state index in [1.54, 1.807) is 18.2 Å². The van der Waals surface area contributed by atoms with Crippen molar-refractivity contribution in [3.05, 3.63) is 46.2 Å². The Labute approximate surface area is 159 Å². The predicted octanol–water partition coefficient (Wildman–Crippen LogP) is 3.79. The first-order valence-corrected chi connectivity index (χ1v) is 8.14. The Kier molecular flexibility index (Phi) is 5.01. The van der Waals surface area contributed by atoms with Gasteiger partial charge in [-0.3, -0.25) is 4.79 Å². The standard InChI is InChI=1S/C17H14Cl2N4O3/c1-25-10-6-11(26-2)13(19)15(12(10)18)23-17(24)9-5-3-4-8-14(9)21-7-22-16(8)20/h3-7H,1-2H3,(H,23,24)(H2,20,21,22). The largest absolute Gasteiger partial charge is 0.495 e. The van der Waals surface area contributed by atoms with Crippen molar-refractivity contribution >= 4 is 51.5 Å². The lowest BCUT2D eigenvalue weighted by molar-refractivity contribution is 0.102. The van der Waals surface area contributed by atoms with Crippen molar-refractivity contribution in [2.24, 2.45) is 0 Å². The lowest BCUT2D eigenvalue weighted by Crippen LogP contribution is -2.14. The molecule has 2 aromatic carbocycles. The minimum atomic E-state index is -0.465. The van der Waals surface area contributed by atoms with E-state index in [-0.39, 0.29) is 21.6 Å². The molecule has 0 unspecified atom stereocenters. The molecular formula is C17H14Cl2N4O3. The van der Waals surface area contributed by atoms with Crippen LogP contribution in [0.25, 0.3) is 10.9 Å². The van der Waals surface area contributed by atoms with Crippen molar-refractivity contribution in [2.45, 2.75) is 0 Å². The molecule has 0 aliphatic rings. The predicted molar refractivity (Wildman–Crippen MR) is 101 cm³/mol. The molecule has 0 aliphatic carbocycles. The zero-order chi connectivity index (χ0) is 18.8. The SMILES string of the molecule is COc1cc(OC)c(Cl)c(NC(=O)c2cccc3c(N)ncnc23)c1Cl. The third-order valence-electron chi connectivity index (χ3n) is 3.75. The average molecular weight is 393 g/mol. The van der Waals surface area contributed by atoms with Gasteiger partial charge in [0.05, 0.1) is 31.0 Å². The minimum absolute atomic E-state index is 0.154. The van der Waals surface area contributed by atoms with E-state index in [9.17, 15) is 4.79 Å². The number of fused-ring (bicyclic) bond motifs is 1. The quantitative estimate of drug-likeness (QED) is 0.700. The Hall–Kier alpha value is -2.77. The van der Waals surface area contributed by atoms with Crippen LogP contribution in [0.2, 0.25) is 10.0 Å². The first-order valence-electron chi connectivity index (χ1n) is 7.38. The molecule has 1 aromatic heterocycles. The molecule has 3 aromatic rings. The van der Waals surface area contributed by atoms with Crippen molar-refractivity contribution in [1.29, 1.82) is 0 Å². The molecule has 0 saturated heterocycles. The molecule has 0 aliphatic heterocycles. The fourth-order valence-electron chi connectivity index (χ4n) is 2.47. The summed E-state index contributed by atoms with van der Waals surface area (Å²) in [6.45, 7) is 0. The van der Waals surface area contributed by atoms with Gasteiger partial charge in [0, 0.05) is 11.5 Å². The number of hydrogen-bond donors (Lipinski definition) is 2. The molecular weight excluding hydrogens is 379 g/mol. The molecule has 7 nitrogen and oxygen atoms in total. The minimum Gasteiger partial charge on any atom is -0.495 e. The molecule has 0 saturated carbocycles. The Morgan fingerprint density at radius 1 is 1.12 bits per heavy atom. The molecule has 3 N–H and O–H groups in total. The molecule has 9 heteroatoms. The second kappa shape index (κ2) is 7.23. The van der Waals surface area contributed by atoms with Gasteiger partial charge in [-0.05, 0) is 12.1 Å². The van der Waals surface area contributed by atoms with E-state index in [1.807, 2.05) is 0 Å². The van der Waals surface area contributed by atoms with E-state index in [0.717, 1.165) is 0 Å². The van der Waals surface area contributed by atoms with E-state index in [0.29, 0.717) is 28.0 Å². The lowest BCUT2D eigenvalue weighted by atomic mass is 10.1. The fourth-order valence-corrected chi connectivity index (χ4v) is 3.06. The summed E-state index contributed by atoms with van der Waals surface area (Å²) in [4.78, 5) is 20.9. The highest BCUT2D eigenvalue weighted by molar-refractivity contribution is 6.42. The Morgan fingerprint density at radius 3 is 2.38 bits per heavy atom. The number of halogens is 2. The smallest absolute Gasteiger partial charge is 0.257 e. The summed E-state index contributed by atoms with van der Waals surface area (Å²) in [6, 6.07) is 6.57. The molecule has 0 atom stereocenters. The number of nitrogens with two attached hydrogens (primary N) is 1. The maximum atomic E-state index is 12.8. The van der Waals surface area contributed by atoms with E-state index < -0.39 is 5.91 Å². The average Bonchev–Trinajstić information content (AvgIpc) is 2.65. The zero-order valence-corrected chi connectivity index (χ0v) is 15.4. The topological polar surface area (TPSA) is 99.4 Å². The summed E-state index contributed by atoms with van der Waals surface area (Å²) in [7, 11) is 2.90. The van der Waals surface area contributed by atoms with Crippen molar-refractivity contribution in [3.63, 3.8) is 0 Å². The molecule has 0 bridgehead atoms. The van der Waals surface area contributed by atoms with Crippen LogP contribution in [0.3, 0.4) is 0 Å². The van der Waals surface area contributed by atoms with Gasteiger partial charge in [0.1, 0.15) is 33.7 Å². The zero-order valence-electron chi connectivity index (χ0n) is 13.8. The molecule has 0 spiro atoms. The van der Waals surface area contributed by atoms with Gasteiger partial charge < -0.3 is 20.5 Å². The number of nitrogen functional groups attached to an aromatic ring is 1. The number of carbonyl (C=O) groups excluding carboxylic acids is 1. The number of aromatic nitrogens is 2. The number of hydrogen-bond acceptors (Lipinski definition) is 6. The number of benzene rings is 2. The van der Waals surface area contributed by atoms with Gasteiger partial charge in [-0.25, -0.2) is 9.97 Å². The highest BCUT2D eigenvalue weighted by atomic mass is 35.5. The summed E-state index contributed by atoms with van der Waals surface area (Å²) in [5.74, 6) is 0.442. The number of rotatable bonds is 4. The van der Waals surface area contributed by atoms with Crippen molar-refractivity contribution in [1.82, 2.24) is 9.97 Å². The van der Waals surface area contributed by atoms with Crippen LogP contribution in [-0.2, 0) is 0 Å². The van der Waals surface area contributed by atoms with E-state index in [4.69, 9.17) is 38.4 Å². The van der Waals surface area contributed by atoms with Gasteiger partial charge in [0.25, 0.3) is 5.91 Å². The highest BCUT2D eigenvalue weighted by Gasteiger charge is 2.21. The van der Waals surface area contributed by atoms with E-state index in [1.165, 1.54) is 26.6 Å². The van der Waals surface area contributed by atoms with Gasteiger partial charge in [-0.15, -0.1) is 0 Å². The highest BCUT2D eigenvalue weighted by Crippen LogP contribution is 2.44. The Bertz CT molecular complexity index is 983. The summed E-state index contributed by atoms with van der Waals surface area (Å²) < 4.78 is 10.4. The van der Waals surface area contributed by atoms with E-state index in [2.05, 4.69) is 15.3 Å². The first-order chi connectivity index (χ1) is 12.5. The normalized spacial score (nSPS) is 10.6. The maximum Gasteiger partial charge on any atom is 0.257 e. The molecule has 0 radical (unpaired) electrons. The van der Waals surface area contributed by atoms with Crippen LogP contribution in [0.15, 0.2) is 30.6 Å². The van der Waals surface area contributed by atoms with Gasteiger partial charge in [-0.2, -0.15) is 0 Å². The van der Waals surface area contributed by atoms with Crippen LogP contribution in [0.5, 0.6) is 11.5 Å². The van der Waals surface area contributed by atoms with Crippen molar-refractivity contribution < 1.29 is 14.3 Å². The number of methoxy groups -OCH3 is 2. The summed E-state index contributed by atoms with van der Waals surface area (Å²) in [5, 5.41) is 3.57. The molecule has 3 rings (SSSR count). The maximum absolute atomic E-state index is 12.8. The fraction of sp³-hybridized carbons (Fsp3) is 0.118. The molecule has 0 fully saturated rings. The second-order valence-corrected chi connectivity index (χ2v) is 5.95. The summed E-state index contributed by atoms with van der Waals surface area (Å²) in [5.41, 5.74) is 6.73. The van der Waals surface area contributed by atoms with E-state index >= 15 is 0 Å². The molecule has 1 amide bonds. The number of nitrogens with zero attached hydrogens (tertiary/aromatic N) is 2. The van der Waals surface area contributed by atoms with Crippen LogP contribution in [0.1, 0.15) is 10.4 Å². The first kappa shape index (κ1) is 18.0. The molecule has 134 valence electrons.